The van der Waals surface area contributed by atoms with E-state index in [0.717, 1.165) is 11.3 Å². The normalized spacial score (nSPS) is 10.2. The number of allylic oxidation sites excluding steroid dienone is 1. The van der Waals surface area contributed by atoms with Gasteiger partial charge in [0, 0.05) is 6.42 Å². The molecule has 0 aromatic heterocycles. The Bertz CT molecular complexity index is 303. The fraction of sp³-hybridized carbons (Fsp3) is 0.182. The maximum absolute atomic E-state index is 9.92. The third-order valence-electron chi connectivity index (χ3n) is 1.61. The molecule has 1 aromatic carbocycles. The van der Waals surface area contributed by atoms with E-state index >= 15 is 0 Å². The Labute approximate surface area is 77.8 Å². The molecule has 0 aliphatic heterocycles. The first-order chi connectivity index (χ1) is 6.36. The van der Waals surface area contributed by atoms with Crippen LogP contribution < -0.4 is 4.74 Å². The lowest BCUT2D eigenvalue weighted by atomic mass is 10.2. The summed E-state index contributed by atoms with van der Waals surface area (Å²) in [4.78, 5) is 9.92. The number of methoxy groups -OCH3 is 1. The topological polar surface area (TPSA) is 26.3 Å². The third kappa shape index (κ3) is 3.11. The van der Waals surface area contributed by atoms with Gasteiger partial charge in [0.2, 0.25) is 6.29 Å². The molecule has 13 heavy (non-hydrogen) atoms. The third-order valence-corrected chi connectivity index (χ3v) is 1.61. The molecule has 0 bridgehead atoms. The Balaban J connectivity index is 2.71. The van der Waals surface area contributed by atoms with E-state index in [0.29, 0.717) is 6.42 Å². The highest BCUT2D eigenvalue weighted by Crippen LogP contribution is 2.13. The lowest BCUT2D eigenvalue weighted by molar-refractivity contribution is 0.414. The summed E-state index contributed by atoms with van der Waals surface area (Å²) in [6.45, 7) is 0. The van der Waals surface area contributed by atoms with Crippen molar-refractivity contribution < 1.29 is 9.53 Å². The van der Waals surface area contributed by atoms with Crippen LogP contribution >= 0.6 is 0 Å². The summed E-state index contributed by atoms with van der Waals surface area (Å²) in [6.07, 6.45) is 5.76. The predicted molar refractivity (Wildman–Crippen MR) is 52.3 cm³/mol. The Morgan fingerprint density at radius 2 is 2.38 bits per heavy atom. The monoisotopic (exact) mass is 175 g/mol. The molecule has 0 heterocycles. The number of benzene rings is 1. The number of rotatable bonds is 4. The van der Waals surface area contributed by atoms with Crippen molar-refractivity contribution in [2.75, 3.05) is 7.11 Å². The molecule has 0 saturated carbocycles. The number of ether oxygens (including phenoxy) is 1. The zero-order valence-electron chi connectivity index (χ0n) is 7.49. The van der Waals surface area contributed by atoms with Gasteiger partial charge >= 0.3 is 0 Å². The molecule has 67 valence electrons. The molecule has 0 saturated heterocycles. The first kappa shape index (κ1) is 9.52. The van der Waals surface area contributed by atoms with Crippen molar-refractivity contribution in [1.82, 2.24) is 0 Å². The average molecular weight is 175 g/mol. The molecular weight excluding hydrogens is 164 g/mol. The molecule has 2 heteroatoms. The maximum atomic E-state index is 9.92. The number of hydrogen-bond acceptors (Lipinski definition) is 2. The highest BCUT2D eigenvalue weighted by molar-refractivity contribution is 5.59. The summed E-state index contributed by atoms with van der Waals surface area (Å²) in [5.41, 5.74) is 1.02. The van der Waals surface area contributed by atoms with Gasteiger partial charge in [-0.05, 0) is 17.7 Å². The lowest BCUT2D eigenvalue weighted by Gasteiger charge is -1.99. The molecule has 1 radical (unpaired) electrons. The molecule has 0 fully saturated rings. The molecule has 2 nitrogen and oxygen atoms in total. The highest BCUT2D eigenvalue weighted by Gasteiger charge is 1.90. The smallest absolute Gasteiger partial charge is 0.202 e. The molecule has 0 aliphatic rings. The van der Waals surface area contributed by atoms with E-state index in [1.54, 1.807) is 19.5 Å². The Hall–Kier alpha value is -1.57. The summed E-state index contributed by atoms with van der Waals surface area (Å²) >= 11 is 0. The lowest BCUT2D eigenvalue weighted by Crippen LogP contribution is -1.82. The van der Waals surface area contributed by atoms with Crippen LogP contribution in [0.2, 0.25) is 0 Å². The maximum Gasteiger partial charge on any atom is 0.202 e. The van der Waals surface area contributed by atoms with Gasteiger partial charge in [0.15, 0.2) is 0 Å². The van der Waals surface area contributed by atoms with Crippen LogP contribution in [0.15, 0.2) is 30.3 Å². The van der Waals surface area contributed by atoms with Crippen molar-refractivity contribution in [1.29, 1.82) is 0 Å². The zero-order valence-corrected chi connectivity index (χ0v) is 7.49. The standard InChI is InChI=1S/C11H11O2/c1-13-11-7-4-6-10(9-11)5-2-3-8-12/h2,4-7,9H,3H2,1H3. The second kappa shape index (κ2) is 5.14. The van der Waals surface area contributed by atoms with Gasteiger partial charge in [0.25, 0.3) is 0 Å². The SMILES string of the molecule is COc1cccc(C=CC[C]=O)c1. The van der Waals surface area contributed by atoms with E-state index in [1.807, 2.05) is 30.3 Å². The molecular formula is C11H11O2. The summed E-state index contributed by atoms with van der Waals surface area (Å²) in [6, 6.07) is 7.64. The fourth-order valence-corrected chi connectivity index (χ4v) is 0.988. The van der Waals surface area contributed by atoms with Crippen molar-refractivity contribution in [3.8, 4) is 5.75 Å². The number of carbonyl (C=O) groups excluding carboxylic acids is 1. The Morgan fingerprint density at radius 1 is 1.54 bits per heavy atom. The van der Waals surface area contributed by atoms with E-state index in [-0.39, 0.29) is 0 Å². The van der Waals surface area contributed by atoms with Crippen molar-refractivity contribution in [3.05, 3.63) is 35.9 Å². The van der Waals surface area contributed by atoms with E-state index in [2.05, 4.69) is 0 Å². The largest absolute Gasteiger partial charge is 0.497 e. The zero-order chi connectivity index (χ0) is 9.52. The van der Waals surface area contributed by atoms with Crippen molar-refractivity contribution in [2.24, 2.45) is 0 Å². The van der Waals surface area contributed by atoms with Crippen molar-refractivity contribution in [3.63, 3.8) is 0 Å². The summed E-state index contributed by atoms with van der Waals surface area (Å²) in [5, 5.41) is 0. The first-order valence-corrected chi connectivity index (χ1v) is 4.02. The highest BCUT2D eigenvalue weighted by atomic mass is 16.5. The number of hydrogen-bond donors (Lipinski definition) is 0. The van der Waals surface area contributed by atoms with Crippen molar-refractivity contribution in [2.45, 2.75) is 6.42 Å². The molecule has 0 aliphatic carbocycles. The van der Waals surface area contributed by atoms with Crippen LogP contribution in [-0.2, 0) is 4.79 Å². The molecule has 0 atom stereocenters. The van der Waals surface area contributed by atoms with E-state index < -0.39 is 0 Å². The van der Waals surface area contributed by atoms with Gasteiger partial charge in [-0.15, -0.1) is 0 Å². The second-order valence-electron chi connectivity index (χ2n) is 2.53. The minimum absolute atomic E-state index is 0.331. The van der Waals surface area contributed by atoms with Crippen LogP contribution in [-0.4, -0.2) is 13.4 Å². The Kier molecular flexibility index (Phi) is 3.76. The van der Waals surface area contributed by atoms with Crippen molar-refractivity contribution >= 4 is 12.4 Å². The van der Waals surface area contributed by atoms with E-state index in [4.69, 9.17) is 4.74 Å². The molecule has 0 N–H and O–H groups in total. The predicted octanol–water partition coefficient (Wildman–Crippen LogP) is 2.21. The van der Waals surface area contributed by atoms with Gasteiger partial charge in [0.1, 0.15) is 5.75 Å². The molecule has 0 spiro atoms. The van der Waals surface area contributed by atoms with Gasteiger partial charge in [-0.3, -0.25) is 4.79 Å². The molecule has 1 aromatic rings. The minimum Gasteiger partial charge on any atom is -0.497 e. The average Bonchev–Trinajstić information content (AvgIpc) is 2.19. The van der Waals surface area contributed by atoms with Crippen LogP contribution in [0.4, 0.5) is 0 Å². The van der Waals surface area contributed by atoms with Crippen LogP contribution in [0.3, 0.4) is 0 Å². The first-order valence-electron chi connectivity index (χ1n) is 4.02. The quantitative estimate of drug-likeness (QED) is 0.701. The fourth-order valence-electron chi connectivity index (χ4n) is 0.988. The van der Waals surface area contributed by atoms with Gasteiger partial charge < -0.3 is 4.74 Å². The molecule has 0 amide bonds. The second-order valence-corrected chi connectivity index (χ2v) is 2.53. The molecule has 1 rings (SSSR count). The minimum atomic E-state index is 0.331. The molecule has 0 unspecified atom stereocenters. The van der Waals surface area contributed by atoms with Gasteiger partial charge in [0.05, 0.1) is 7.11 Å². The van der Waals surface area contributed by atoms with Crippen LogP contribution in [0.5, 0.6) is 5.75 Å². The van der Waals surface area contributed by atoms with E-state index in [1.165, 1.54) is 0 Å². The summed E-state index contributed by atoms with van der Waals surface area (Å²) in [5.74, 6) is 0.817. The van der Waals surface area contributed by atoms with Gasteiger partial charge in [-0.2, -0.15) is 0 Å². The van der Waals surface area contributed by atoms with Crippen LogP contribution in [0.1, 0.15) is 12.0 Å². The van der Waals surface area contributed by atoms with Crippen LogP contribution in [0.25, 0.3) is 6.08 Å². The van der Waals surface area contributed by atoms with Crippen LogP contribution in [0, 0.1) is 0 Å². The van der Waals surface area contributed by atoms with Gasteiger partial charge in [-0.1, -0.05) is 24.3 Å². The summed E-state index contributed by atoms with van der Waals surface area (Å²) in [7, 11) is 1.63. The summed E-state index contributed by atoms with van der Waals surface area (Å²) < 4.78 is 5.05. The van der Waals surface area contributed by atoms with Gasteiger partial charge in [-0.25, -0.2) is 0 Å². The Morgan fingerprint density at radius 3 is 3.08 bits per heavy atom. The van der Waals surface area contributed by atoms with E-state index in [9.17, 15) is 4.79 Å².